The maximum absolute atomic E-state index is 13.3. The second-order valence-electron chi connectivity index (χ2n) is 5.46. The second-order valence-corrected chi connectivity index (χ2v) is 7.69. The molecule has 2 aromatic carbocycles. The van der Waals surface area contributed by atoms with Crippen LogP contribution in [-0.2, 0) is 10.0 Å². The highest BCUT2D eigenvalue weighted by Gasteiger charge is 2.19. The Kier molecular flexibility index (Phi) is 4.88. The molecule has 0 amide bonds. The third kappa shape index (κ3) is 3.70. The van der Waals surface area contributed by atoms with Gasteiger partial charge in [0.2, 0.25) is 10.0 Å². The summed E-state index contributed by atoms with van der Waals surface area (Å²) in [7, 11) is -3.64. The first-order valence-corrected chi connectivity index (χ1v) is 8.57. The van der Waals surface area contributed by atoms with Gasteiger partial charge in [0.05, 0.1) is 16.6 Å². The number of nitrogens with two attached hydrogens (primary N) is 1. The minimum atomic E-state index is -3.64. The number of nitrogens with one attached hydrogen (secondary N) is 1. The molecular formula is C16H16F2N2O3S. The van der Waals surface area contributed by atoms with Crippen molar-refractivity contribution in [2.75, 3.05) is 10.5 Å². The Hall–Kier alpha value is -2.48. The van der Waals surface area contributed by atoms with Crippen LogP contribution in [0.5, 0.6) is 0 Å². The van der Waals surface area contributed by atoms with E-state index in [0.29, 0.717) is 0 Å². The summed E-state index contributed by atoms with van der Waals surface area (Å²) >= 11 is 0. The molecule has 0 bridgehead atoms. The molecule has 8 heteroatoms. The van der Waals surface area contributed by atoms with Crippen molar-refractivity contribution < 1.29 is 22.0 Å². The maximum Gasteiger partial charge on any atom is 0.235 e. The maximum atomic E-state index is 13.3. The molecule has 0 heterocycles. The number of rotatable bonds is 5. The number of carbonyl (C=O) groups excluding carboxylic acids is 1. The van der Waals surface area contributed by atoms with Gasteiger partial charge in [-0.15, -0.1) is 0 Å². The van der Waals surface area contributed by atoms with E-state index in [1.54, 1.807) is 0 Å². The average Bonchev–Trinajstić information content (AvgIpc) is 2.51. The monoisotopic (exact) mass is 354 g/mol. The lowest BCUT2D eigenvalue weighted by molar-refractivity contribution is 0.103. The molecule has 0 atom stereocenters. The molecule has 2 rings (SSSR count). The number of nitrogen functional groups attached to an aromatic ring is 1. The SMILES string of the molecule is CC(C)S(=O)(=O)Nc1cc(C(=O)c2ccc(F)c(F)c2)ccc1N. The first kappa shape index (κ1) is 17.9. The Morgan fingerprint density at radius 3 is 2.21 bits per heavy atom. The highest BCUT2D eigenvalue weighted by Crippen LogP contribution is 2.24. The Morgan fingerprint density at radius 1 is 1.04 bits per heavy atom. The molecule has 0 fully saturated rings. The Labute approximate surface area is 138 Å². The summed E-state index contributed by atoms with van der Waals surface area (Å²) < 4.78 is 52.4. The molecule has 2 aromatic rings. The van der Waals surface area contributed by atoms with Crippen LogP contribution in [-0.4, -0.2) is 19.5 Å². The third-order valence-electron chi connectivity index (χ3n) is 3.37. The van der Waals surface area contributed by atoms with E-state index in [2.05, 4.69) is 4.72 Å². The number of hydrogen-bond acceptors (Lipinski definition) is 4. The number of carbonyl (C=O) groups is 1. The van der Waals surface area contributed by atoms with Crippen molar-refractivity contribution in [1.29, 1.82) is 0 Å². The standard InChI is InChI=1S/C16H16F2N2O3S/c1-9(2)24(22,23)20-15-8-11(4-6-14(15)19)16(21)10-3-5-12(17)13(18)7-10/h3-9,20H,19H2,1-2H3. The molecule has 0 aliphatic carbocycles. The summed E-state index contributed by atoms with van der Waals surface area (Å²) in [5.41, 5.74) is 5.96. The Morgan fingerprint density at radius 2 is 1.62 bits per heavy atom. The Balaban J connectivity index is 2.40. The predicted octanol–water partition coefficient (Wildman–Crippen LogP) is 2.93. The van der Waals surface area contributed by atoms with Crippen molar-refractivity contribution in [3.63, 3.8) is 0 Å². The van der Waals surface area contributed by atoms with Crippen molar-refractivity contribution in [2.45, 2.75) is 19.1 Å². The van der Waals surface area contributed by atoms with Gasteiger partial charge in [-0.2, -0.15) is 0 Å². The van der Waals surface area contributed by atoms with E-state index < -0.39 is 32.7 Å². The summed E-state index contributed by atoms with van der Waals surface area (Å²) in [4.78, 5) is 12.4. The largest absolute Gasteiger partial charge is 0.397 e. The number of anilines is 2. The lowest BCUT2D eigenvalue weighted by Gasteiger charge is -2.13. The van der Waals surface area contributed by atoms with Gasteiger partial charge in [0.1, 0.15) is 0 Å². The van der Waals surface area contributed by atoms with E-state index in [-0.39, 0.29) is 22.5 Å². The summed E-state index contributed by atoms with van der Waals surface area (Å²) in [6, 6.07) is 6.79. The second kappa shape index (κ2) is 6.56. The van der Waals surface area contributed by atoms with Crippen LogP contribution in [0.15, 0.2) is 36.4 Å². The normalized spacial score (nSPS) is 11.5. The average molecular weight is 354 g/mol. The molecule has 3 N–H and O–H groups in total. The first-order chi connectivity index (χ1) is 11.1. The van der Waals surface area contributed by atoms with Crippen molar-refractivity contribution >= 4 is 27.2 Å². The van der Waals surface area contributed by atoms with E-state index in [0.717, 1.165) is 18.2 Å². The van der Waals surface area contributed by atoms with E-state index in [1.165, 1.54) is 32.0 Å². The van der Waals surface area contributed by atoms with Crippen LogP contribution in [0.4, 0.5) is 20.2 Å². The van der Waals surface area contributed by atoms with E-state index in [9.17, 15) is 22.0 Å². The van der Waals surface area contributed by atoms with Crippen molar-refractivity contribution in [1.82, 2.24) is 0 Å². The molecule has 0 aliphatic heterocycles. The summed E-state index contributed by atoms with van der Waals surface area (Å²) in [5.74, 6) is -2.79. The topological polar surface area (TPSA) is 89.3 Å². The zero-order valence-corrected chi connectivity index (χ0v) is 13.8. The van der Waals surface area contributed by atoms with Crippen molar-refractivity contribution in [2.24, 2.45) is 0 Å². The smallest absolute Gasteiger partial charge is 0.235 e. The fraction of sp³-hybridized carbons (Fsp3) is 0.188. The van der Waals surface area contributed by atoms with Gasteiger partial charge in [-0.3, -0.25) is 9.52 Å². The third-order valence-corrected chi connectivity index (χ3v) is 5.12. The fourth-order valence-electron chi connectivity index (χ4n) is 1.86. The van der Waals surface area contributed by atoms with E-state index in [4.69, 9.17) is 5.73 Å². The van der Waals surface area contributed by atoms with Gasteiger partial charge in [0, 0.05) is 11.1 Å². The van der Waals surface area contributed by atoms with Crippen LogP contribution in [0.25, 0.3) is 0 Å². The predicted molar refractivity (Wildman–Crippen MR) is 88.3 cm³/mol. The molecule has 0 unspecified atom stereocenters. The first-order valence-electron chi connectivity index (χ1n) is 7.02. The molecule has 24 heavy (non-hydrogen) atoms. The highest BCUT2D eigenvalue weighted by molar-refractivity contribution is 7.93. The van der Waals surface area contributed by atoms with Gasteiger partial charge in [-0.25, -0.2) is 17.2 Å². The molecular weight excluding hydrogens is 338 g/mol. The van der Waals surface area contributed by atoms with E-state index >= 15 is 0 Å². The molecule has 0 spiro atoms. The van der Waals surface area contributed by atoms with Crippen molar-refractivity contribution in [3.8, 4) is 0 Å². The van der Waals surface area contributed by atoms with Crippen LogP contribution < -0.4 is 10.5 Å². The van der Waals surface area contributed by atoms with Gasteiger partial charge in [-0.1, -0.05) is 0 Å². The quantitative estimate of drug-likeness (QED) is 0.638. The van der Waals surface area contributed by atoms with Gasteiger partial charge in [0.15, 0.2) is 17.4 Å². The molecule has 0 aromatic heterocycles. The van der Waals surface area contributed by atoms with Gasteiger partial charge >= 0.3 is 0 Å². The lowest BCUT2D eigenvalue weighted by atomic mass is 10.0. The lowest BCUT2D eigenvalue weighted by Crippen LogP contribution is -2.23. The van der Waals surface area contributed by atoms with Crippen LogP contribution in [0.2, 0.25) is 0 Å². The summed E-state index contributed by atoms with van der Waals surface area (Å²) in [6.45, 7) is 2.99. The number of benzene rings is 2. The molecule has 0 saturated heterocycles. The van der Waals surface area contributed by atoms with Crippen LogP contribution in [0.1, 0.15) is 29.8 Å². The summed E-state index contributed by atoms with van der Waals surface area (Å²) in [6.07, 6.45) is 0. The molecule has 0 saturated carbocycles. The van der Waals surface area contributed by atoms with Crippen molar-refractivity contribution in [3.05, 3.63) is 59.2 Å². The zero-order valence-electron chi connectivity index (χ0n) is 13.0. The van der Waals surface area contributed by atoms with Gasteiger partial charge in [-0.05, 0) is 50.2 Å². The zero-order chi connectivity index (χ0) is 18.1. The number of ketones is 1. The Bertz CT molecular complexity index is 896. The van der Waals surface area contributed by atoms with Crippen LogP contribution in [0.3, 0.4) is 0 Å². The molecule has 5 nitrogen and oxygen atoms in total. The van der Waals surface area contributed by atoms with E-state index in [1.807, 2.05) is 0 Å². The molecule has 128 valence electrons. The molecule has 0 aliphatic rings. The van der Waals surface area contributed by atoms with Gasteiger partial charge in [0.25, 0.3) is 0 Å². The minimum Gasteiger partial charge on any atom is -0.397 e. The van der Waals surface area contributed by atoms with Gasteiger partial charge < -0.3 is 5.73 Å². The fourth-order valence-corrected chi connectivity index (χ4v) is 2.58. The highest BCUT2D eigenvalue weighted by atomic mass is 32.2. The minimum absolute atomic E-state index is 0.0529. The van der Waals surface area contributed by atoms with Crippen LogP contribution in [0, 0.1) is 11.6 Å². The number of sulfonamides is 1. The molecule has 0 radical (unpaired) electrons. The summed E-state index contributed by atoms with van der Waals surface area (Å²) in [5, 5.41) is -0.692. The number of halogens is 2. The number of hydrogen-bond donors (Lipinski definition) is 2. The van der Waals surface area contributed by atoms with Crippen LogP contribution >= 0.6 is 0 Å².